The SMILES string of the molecule is OCC1CCn2cncc2CN1Cc1ccc(Cl)c(F)c1. The number of aryl methyl sites for hydroxylation is 1. The van der Waals surface area contributed by atoms with Gasteiger partial charge in [0, 0.05) is 31.9 Å². The molecule has 0 bridgehead atoms. The highest BCUT2D eigenvalue weighted by atomic mass is 35.5. The van der Waals surface area contributed by atoms with Gasteiger partial charge in [-0.25, -0.2) is 9.37 Å². The Balaban J connectivity index is 1.82. The van der Waals surface area contributed by atoms with E-state index in [0.29, 0.717) is 13.1 Å². The zero-order valence-electron chi connectivity index (χ0n) is 11.5. The zero-order chi connectivity index (χ0) is 14.8. The fraction of sp³-hybridized carbons (Fsp3) is 0.400. The maximum atomic E-state index is 13.6. The summed E-state index contributed by atoms with van der Waals surface area (Å²) in [5, 5.41) is 9.75. The van der Waals surface area contributed by atoms with Gasteiger partial charge in [-0.2, -0.15) is 0 Å². The first kappa shape index (κ1) is 14.5. The van der Waals surface area contributed by atoms with Gasteiger partial charge in [0.1, 0.15) is 5.82 Å². The molecule has 1 atom stereocenters. The van der Waals surface area contributed by atoms with Gasteiger partial charge in [0.05, 0.1) is 23.7 Å². The third-order valence-electron chi connectivity index (χ3n) is 3.96. The van der Waals surface area contributed by atoms with Gasteiger partial charge in [0.25, 0.3) is 0 Å². The van der Waals surface area contributed by atoms with Crippen molar-refractivity contribution in [2.24, 2.45) is 0 Å². The van der Waals surface area contributed by atoms with Crippen LogP contribution in [0.15, 0.2) is 30.7 Å². The van der Waals surface area contributed by atoms with Crippen LogP contribution in [0, 0.1) is 5.82 Å². The van der Waals surface area contributed by atoms with Crippen LogP contribution in [0.4, 0.5) is 4.39 Å². The van der Waals surface area contributed by atoms with Crippen LogP contribution in [0.1, 0.15) is 17.7 Å². The number of aliphatic hydroxyl groups is 1. The van der Waals surface area contributed by atoms with E-state index < -0.39 is 5.82 Å². The molecule has 0 saturated carbocycles. The lowest BCUT2D eigenvalue weighted by Gasteiger charge is -2.28. The number of rotatable bonds is 3. The average Bonchev–Trinajstić information content (AvgIpc) is 2.84. The summed E-state index contributed by atoms with van der Waals surface area (Å²) in [6, 6.07) is 4.91. The van der Waals surface area contributed by atoms with Crippen molar-refractivity contribution in [2.75, 3.05) is 6.61 Å². The number of nitrogens with zero attached hydrogens (tertiary/aromatic N) is 3. The number of fused-ring (bicyclic) bond motifs is 1. The molecule has 21 heavy (non-hydrogen) atoms. The fourth-order valence-corrected chi connectivity index (χ4v) is 2.87. The molecule has 2 aromatic rings. The zero-order valence-corrected chi connectivity index (χ0v) is 12.3. The third-order valence-corrected chi connectivity index (χ3v) is 4.27. The van der Waals surface area contributed by atoms with Gasteiger partial charge >= 0.3 is 0 Å². The monoisotopic (exact) mass is 309 g/mol. The van der Waals surface area contributed by atoms with E-state index in [1.54, 1.807) is 6.07 Å². The largest absolute Gasteiger partial charge is 0.395 e. The predicted molar refractivity (Wildman–Crippen MR) is 78.4 cm³/mol. The Kier molecular flexibility index (Phi) is 4.24. The second-order valence-corrected chi connectivity index (χ2v) is 5.76. The number of aliphatic hydroxyl groups excluding tert-OH is 1. The maximum Gasteiger partial charge on any atom is 0.142 e. The highest BCUT2D eigenvalue weighted by Crippen LogP contribution is 2.22. The van der Waals surface area contributed by atoms with Gasteiger partial charge in [-0.05, 0) is 24.1 Å². The second-order valence-electron chi connectivity index (χ2n) is 5.36. The van der Waals surface area contributed by atoms with Gasteiger partial charge in [0.2, 0.25) is 0 Å². The van der Waals surface area contributed by atoms with Gasteiger partial charge in [-0.1, -0.05) is 17.7 Å². The Hall–Kier alpha value is -1.43. The highest BCUT2D eigenvalue weighted by Gasteiger charge is 2.23. The summed E-state index contributed by atoms with van der Waals surface area (Å²) in [6.45, 7) is 2.19. The summed E-state index contributed by atoms with van der Waals surface area (Å²) in [6.07, 6.45) is 4.50. The van der Waals surface area contributed by atoms with Crippen LogP contribution in [0.3, 0.4) is 0 Å². The normalized spacial score (nSPS) is 19.3. The number of hydrogen-bond acceptors (Lipinski definition) is 3. The van der Waals surface area contributed by atoms with Crippen molar-refractivity contribution >= 4 is 11.6 Å². The molecule has 0 spiro atoms. The summed E-state index contributed by atoms with van der Waals surface area (Å²) in [7, 11) is 0. The van der Waals surface area contributed by atoms with E-state index >= 15 is 0 Å². The van der Waals surface area contributed by atoms with Crippen LogP contribution in [0.5, 0.6) is 0 Å². The van der Waals surface area contributed by atoms with Crippen molar-refractivity contribution in [2.45, 2.75) is 32.1 Å². The van der Waals surface area contributed by atoms with Gasteiger partial charge in [0.15, 0.2) is 0 Å². The lowest BCUT2D eigenvalue weighted by molar-refractivity contribution is 0.107. The molecule has 0 saturated heterocycles. The second kappa shape index (κ2) is 6.13. The minimum absolute atomic E-state index is 0.0589. The molecule has 1 unspecified atom stereocenters. The Morgan fingerprint density at radius 2 is 2.29 bits per heavy atom. The standard InChI is InChI=1S/C15H17ClFN3O/c16-14-2-1-11(5-15(14)17)7-20-8-13-6-18-10-19(13)4-3-12(20)9-21/h1-2,5-6,10,12,21H,3-4,7-9H2. The van der Waals surface area contributed by atoms with Gasteiger partial charge in [-0.15, -0.1) is 0 Å². The predicted octanol–water partition coefficient (Wildman–Crippen LogP) is 2.44. The first-order chi connectivity index (χ1) is 10.2. The first-order valence-corrected chi connectivity index (χ1v) is 7.33. The summed E-state index contributed by atoms with van der Waals surface area (Å²) in [4.78, 5) is 6.32. The number of benzene rings is 1. The van der Waals surface area contributed by atoms with Crippen LogP contribution in [0.2, 0.25) is 5.02 Å². The summed E-state index contributed by atoms with van der Waals surface area (Å²) >= 11 is 5.72. The van der Waals surface area contributed by atoms with E-state index in [9.17, 15) is 9.50 Å². The molecule has 0 aliphatic carbocycles. The molecule has 2 heterocycles. The van der Waals surface area contributed by atoms with Crippen molar-refractivity contribution < 1.29 is 9.50 Å². The van der Waals surface area contributed by atoms with E-state index in [0.717, 1.165) is 24.2 Å². The van der Waals surface area contributed by atoms with Crippen LogP contribution in [0.25, 0.3) is 0 Å². The summed E-state index contributed by atoms with van der Waals surface area (Å²) in [5.41, 5.74) is 1.96. The van der Waals surface area contributed by atoms with Gasteiger partial charge in [-0.3, -0.25) is 4.90 Å². The number of aromatic nitrogens is 2. The molecule has 1 aromatic heterocycles. The van der Waals surface area contributed by atoms with Crippen molar-refractivity contribution in [3.63, 3.8) is 0 Å². The fourth-order valence-electron chi connectivity index (χ4n) is 2.75. The first-order valence-electron chi connectivity index (χ1n) is 6.95. The van der Waals surface area contributed by atoms with E-state index in [1.165, 1.54) is 6.07 Å². The average molecular weight is 310 g/mol. The van der Waals surface area contributed by atoms with E-state index in [2.05, 4.69) is 14.5 Å². The van der Waals surface area contributed by atoms with Crippen LogP contribution in [-0.2, 0) is 19.6 Å². The molecule has 0 amide bonds. The highest BCUT2D eigenvalue weighted by molar-refractivity contribution is 6.30. The Labute approximate surface area is 127 Å². The topological polar surface area (TPSA) is 41.3 Å². The lowest BCUT2D eigenvalue weighted by Crippen LogP contribution is -2.36. The molecule has 1 aliphatic heterocycles. The van der Waals surface area contributed by atoms with Crippen LogP contribution >= 0.6 is 11.6 Å². The molecule has 3 rings (SSSR count). The van der Waals surface area contributed by atoms with Crippen molar-refractivity contribution in [3.05, 3.63) is 52.8 Å². The molecule has 4 nitrogen and oxygen atoms in total. The van der Waals surface area contributed by atoms with Gasteiger partial charge < -0.3 is 9.67 Å². The van der Waals surface area contributed by atoms with Crippen molar-refractivity contribution in [3.8, 4) is 0 Å². The van der Waals surface area contributed by atoms with Crippen LogP contribution in [-0.4, -0.2) is 32.2 Å². The van der Waals surface area contributed by atoms with E-state index in [-0.39, 0.29) is 17.7 Å². The van der Waals surface area contributed by atoms with Crippen molar-refractivity contribution in [1.82, 2.24) is 14.5 Å². The summed E-state index contributed by atoms with van der Waals surface area (Å²) < 4.78 is 15.7. The summed E-state index contributed by atoms with van der Waals surface area (Å²) in [5.74, 6) is -0.408. The quantitative estimate of drug-likeness (QED) is 0.947. The molecule has 1 aliphatic rings. The molecular weight excluding hydrogens is 293 g/mol. The lowest BCUT2D eigenvalue weighted by atomic mass is 10.1. The Morgan fingerprint density at radius 3 is 3.05 bits per heavy atom. The molecular formula is C15H17ClFN3O. The molecule has 112 valence electrons. The maximum absolute atomic E-state index is 13.6. The van der Waals surface area contributed by atoms with Crippen LogP contribution < -0.4 is 0 Å². The molecule has 1 N–H and O–H groups in total. The van der Waals surface area contributed by atoms with E-state index in [4.69, 9.17) is 11.6 Å². The molecule has 1 aromatic carbocycles. The minimum atomic E-state index is -0.408. The molecule has 0 radical (unpaired) electrons. The third kappa shape index (κ3) is 3.10. The van der Waals surface area contributed by atoms with E-state index in [1.807, 2.05) is 18.6 Å². The minimum Gasteiger partial charge on any atom is -0.395 e. The molecule has 0 fully saturated rings. The number of hydrogen-bond donors (Lipinski definition) is 1. The molecule has 6 heteroatoms. The Bertz CT molecular complexity index is 631. The number of imidazole rings is 1. The van der Waals surface area contributed by atoms with Crippen molar-refractivity contribution in [1.29, 1.82) is 0 Å². The smallest absolute Gasteiger partial charge is 0.142 e. The number of halogens is 2. The Morgan fingerprint density at radius 1 is 1.43 bits per heavy atom.